The molecule has 0 aliphatic carbocycles. The van der Waals surface area contributed by atoms with Crippen LogP contribution in [0.15, 0.2) is 18.2 Å². The quantitative estimate of drug-likeness (QED) is 0.474. The first-order valence-electron chi connectivity index (χ1n) is 6.13. The number of non-ortho nitro benzene ring substituents is 1. The highest BCUT2D eigenvalue weighted by atomic mass is 32.2. The highest BCUT2D eigenvalue weighted by molar-refractivity contribution is 7.91. The zero-order valence-corrected chi connectivity index (χ0v) is 11.6. The second-order valence-electron chi connectivity index (χ2n) is 4.63. The Morgan fingerprint density at radius 2 is 2.00 bits per heavy atom. The van der Waals surface area contributed by atoms with E-state index in [4.69, 9.17) is 5.84 Å². The standard InChI is InChI=1S/C11H16N4O4S/c12-13-9-6-10(8-11(7-9)15(16)17)14-2-1-4-20(18,19)5-3-14/h6-8,13H,1-5,12H2. The van der Waals surface area contributed by atoms with Crippen LogP contribution < -0.4 is 16.2 Å². The molecule has 0 amide bonds. The number of nitro groups is 1. The van der Waals surface area contributed by atoms with Crippen LogP contribution in [0.5, 0.6) is 0 Å². The first-order valence-corrected chi connectivity index (χ1v) is 7.95. The molecule has 3 N–H and O–H groups in total. The fourth-order valence-corrected chi connectivity index (χ4v) is 3.43. The van der Waals surface area contributed by atoms with Gasteiger partial charge in [-0.2, -0.15) is 0 Å². The van der Waals surface area contributed by atoms with E-state index in [9.17, 15) is 18.5 Å². The van der Waals surface area contributed by atoms with Crippen LogP contribution in [0.25, 0.3) is 0 Å². The number of rotatable bonds is 3. The molecule has 0 aromatic heterocycles. The van der Waals surface area contributed by atoms with E-state index in [-0.39, 0.29) is 17.2 Å². The van der Waals surface area contributed by atoms with Crippen molar-refractivity contribution >= 4 is 26.9 Å². The van der Waals surface area contributed by atoms with Crippen LogP contribution in [0.3, 0.4) is 0 Å². The molecule has 0 saturated carbocycles. The lowest BCUT2D eigenvalue weighted by molar-refractivity contribution is -0.384. The van der Waals surface area contributed by atoms with Gasteiger partial charge in [-0.15, -0.1) is 0 Å². The molecule has 2 rings (SSSR count). The minimum Gasteiger partial charge on any atom is -0.370 e. The van der Waals surface area contributed by atoms with E-state index in [0.29, 0.717) is 30.9 Å². The molecule has 0 unspecified atom stereocenters. The summed E-state index contributed by atoms with van der Waals surface area (Å²) in [5.41, 5.74) is 3.32. The largest absolute Gasteiger partial charge is 0.370 e. The van der Waals surface area contributed by atoms with Crippen molar-refractivity contribution in [1.29, 1.82) is 0 Å². The molecule has 0 bridgehead atoms. The second kappa shape index (κ2) is 5.63. The minimum atomic E-state index is -3.02. The monoisotopic (exact) mass is 300 g/mol. The molecular weight excluding hydrogens is 284 g/mol. The summed E-state index contributed by atoms with van der Waals surface area (Å²) in [4.78, 5) is 12.2. The molecule has 20 heavy (non-hydrogen) atoms. The maximum absolute atomic E-state index is 11.6. The summed E-state index contributed by atoms with van der Waals surface area (Å²) < 4.78 is 23.2. The summed E-state index contributed by atoms with van der Waals surface area (Å²) in [6.07, 6.45) is 0.510. The van der Waals surface area contributed by atoms with E-state index in [1.807, 2.05) is 4.90 Å². The van der Waals surface area contributed by atoms with Crippen molar-refractivity contribution in [3.63, 3.8) is 0 Å². The zero-order chi connectivity index (χ0) is 14.8. The summed E-state index contributed by atoms with van der Waals surface area (Å²) in [5, 5.41) is 10.9. The number of nitrogen functional groups attached to an aromatic ring is 1. The third-order valence-electron chi connectivity index (χ3n) is 3.20. The lowest BCUT2D eigenvalue weighted by Gasteiger charge is -2.22. The summed E-state index contributed by atoms with van der Waals surface area (Å²) in [6, 6.07) is 4.43. The van der Waals surface area contributed by atoms with E-state index < -0.39 is 14.8 Å². The van der Waals surface area contributed by atoms with Gasteiger partial charge in [-0.05, 0) is 12.5 Å². The van der Waals surface area contributed by atoms with Crippen LogP contribution >= 0.6 is 0 Å². The van der Waals surface area contributed by atoms with Crippen LogP contribution in [-0.4, -0.2) is 37.9 Å². The predicted molar refractivity (Wildman–Crippen MR) is 76.4 cm³/mol. The molecule has 0 spiro atoms. The molecule has 1 saturated heterocycles. The molecule has 9 heteroatoms. The molecular formula is C11H16N4O4S. The van der Waals surface area contributed by atoms with Gasteiger partial charge in [0.15, 0.2) is 9.84 Å². The summed E-state index contributed by atoms with van der Waals surface area (Å²) >= 11 is 0. The number of benzene rings is 1. The van der Waals surface area contributed by atoms with Gasteiger partial charge in [-0.3, -0.25) is 16.0 Å². The molecule has 8 nitrogen and oxygen atoms in total. The van der Waals surface area contributed by atoms with Crippen molar-refractivity contribution in [2.24, 2.45) is 5.84 Å². The van der Waals surface area contributed by atoms with Gasteiger partial charge in [0.2, 0.25) is 0 Å². The number of nitro benzene ring substituents is 1. The molecule has 0 radical (unpaired) electrons. The zero-order valence-electron chi connectivity index (χ0n) is 10.8. The Bertz CT molecular complexity index is 617. The van der Waals surface area contributed by atoms with Gasteiger partial charge in [-0.25, -0.2) is 8.42 Å². The topological polar surface area (TPSA) is 119 Å². The lowest BCUT2D eigenvalue weighted by Crippen LogP contribution is -2.27. The normalized spacial score (nSPS) is 18.4. The third-order valence-corrected chi connectivity index (χ3v) is 4.92. The Morgan fingerprint density at radius 1 is 1.25 bits per heavy atom. The highest BCUT2D eigenvalue weighted by Gasteiger charge is 2.21. The Morgan fingerprint density at radius 3 is 2.65 bits per heavy atom. The maximum atomic E-state index is 11.6. The molecule has 1 heterocycles. The maximum Gasteiger partial charge on any atom is 0.273 e. The molecule has 1 aromatic carbocycles. The number of anilines is 2. The first kappa shape index (κ1) is 14.5. The number of hydrogen-bond donors (Lipinski definition) is 2. The molecule has 1 fully saturated rings. The van der Waals surface area contributed by atoms with Gasteiger partial charge in [0, 0.05) is 30.9 Å². The van der Waals surface area contributed by atoms with Gasteiger partial charge in [0.1, 0.15) is 0 Å². The van der Waals surface area contributed by atoms with Crippen molar-refractivity contribution < 1.29 is 13.3 Å². The highest BCUT2D eigenvalue weighted by Crippen LogP contribution is 2.27. The van der Waals surface area contributed by atoms with Gasteiger partial charge >= 0.3 is 0 Å². The molecule has 110 valence electrons. The summed E-state index contributed by atoms with van der Waals surface area (Å²) in [6.45, 7) is 0.873. The second-order valence-corrected chi connectivity index (χ2v) is 6.94. The fourth-order valence-electron chi connectivity index (χ4n) is 2.16. The van der Waals surface area contributed by atoms with Crippen LogP contribution in [0.1, 0.15) is 6.42 Å². The predicted octanol–water partition coefficient (Wildman–Crippen LogP) is 0.505. The van der Waals surface area contributed by atoms with Crippen molar-refractivity contribution in [3.05, 3.63) is 28.3 Å². The van der Waals surface area contributed by atoms with Crippen LogP contribution in [0, 0.1) is 10.1 Å². The van der Waals surface area contributed by atoms with Crippen LogP contribution in [0.4, 0.5) is 17.1 Å². The molecule has 0 atom stereocenters. The lowest BCUT2D eigenvalue weighted by atomic mass is 10.2. The number of hydrogen-bond acceptors (Lipinski definition) is 7. The molecule has 1 aromatic rings. The Kier molecular flexibility index (Phi) is 4.09. The van der Waals surface area contributed by atoms with Crippen LogP contribution in [0.2, 0.25) is 0 Å². The van der Waals surface area contributed by atoms with Crippen molar-refractivity contribution in [1.82, 2.24) is 0 Å². The van der Waals surface area contributed by atoms with E-state index in [0.717, 1.165) is 0 Å². The van der Waals surface area contributed by atoms with Gasteiger partial charge < -0.3 is 10.3 Å². The average Bonchev–Trinajstić information content (AvgIpc) is 2.59. The Balaban J connectivity index is 2.31. The van der Waals surface area contributed by atoms with E-state index >= 15 is 0 Å². The van der Waals surface area contributed by atoms with Gasteiger partial charge in [-0.1, -0.05) is 0 Å². The van der Waals surface area contributed by atoms with Gasteiger partial charge in [0.05, 0.1) is 22.1 Å². The summed E-state index contributed by atoms with van der Waals surface area (Å²) in [5.74, 6) is 5.51. The van der Waals surface area contributed by atoms with E-state index in [2.05, 4.69) is 5.43 Å². The third kappa shape index (κ3) is 3.36. The van der Waals surface area contributed by atoms with E-state index in [1.54, 1.807) is 6.07 Å². The SMILES string of the molecule is NNc1cc(N2CCCS(=O)(=O)CC2)cc([N+](=O)[O-])c1. The van der Waals surface area contributed by atoms with Crippen LogP contribution in [-0.2, 0) is 9.84 Å². The average molecular weight is 300 g/mol. The smallest absolute Gasteiger partial charge is 0.273 e. The Labute approximate surface area is 116 Å². The Hall–Kier alpha value is -1.87. The molecule has 1 aliphatic rings. The van der Waals surface area contributed by atoms with Crippen molar-refractivity contribution in [2.45, 2.75) is 6.42 Å². The number of nitrogens with one attached hydrogen (secondary N) is 1. The van der Waals surface area contributed by atoms with Crippen molar-refractivity contribution in [2.75, 3.05) is 34.9 Å². The number of nitrogens with two attached hydrogens (primary N) is 1. The minimum absolute atomic E-state index is 0.0566. The first-order chi connectivity index (χ1) is 9.41. The number of nitrogens with zero attached hydrogens (tertiary/aromatic N) is 2. The van der Waals surface area contributed by atoms with E-state index in [1.165, 1.54) is 12.1 Å². The summed E-state index contributed by atoms with van der Waals surface area (Å²) in [7, 11) is -3.02. The number of hydrazine groups is 1. The molecule has 1 aliphatic heterocycles. The van der Waals surface area contributed by atoms with Gasteiger partial charge in [0.25, 0.3) is 5.69 Å². The fraction of sp³-hybridized carbons (Fsp3) is 0.455. The van der Waals surface area contributed by atoms with Crippen molar-refractivity contribution in [3.8, 4) is 0 Å². The number of sulfone groups is 1.